The Hall–Kier alpha value is -0.170. The largest absolute Gasteiger partial charge is 0.383 e. The summed E-state index contributed by atoms with van der Waals surface area (Å²) in [7, 11) is -2.02. The van der Waals surface area contributed by atoms with Gasteiger partial charge in [0.15, 0.2) is 0 Å². The van der Waals surface area contributed by atoms with Crippen LogP contribution in [0.15, 0.2) is 0 Å². The highest BCUT2D eigenvalue weighted by Gasteiger charge is 2.13. The molecule has 68 valence electrons. The lowest BCUT2D eigenvalue weighted by Gasteiger charge is -2.15. The van der Waals surface area contributed by atoms with Crippen molar-refractivity contribution in [3.8, 4) is 0 Å². The van der Waals surface area contributed by atoms with Crippen molar-refractivity contribution in [3.05, 3.63) is 0 Å². The zero-order valence-electron chi connectivity index (χ0n) is 6.78. The van der Waals surface area contributed by atoms with E-state index in [9.17, 15) is 8.42 Å². The molecular weight excluding hydrogens is 168 g/mol. The Balaban J connectivity index is 3.97. The van der Waals surface area contributed by atoms with Crippen LogP contribution < -0.4 is 5.14 Å². The number of hydrogen-bond acceptors (Lipinski definition) is 3. The second-order valence-electron chi connectivity index (χ2n) is 2.03. The van der Waals surface area contributed by atoms with Gasteiger partial charge in [-0.1, -0.05) is 6.92 Å². The quantitative estimate of drug-likeness (QED) is 0.602. The molecule has 6 heteroatoms. The van der Waals surface area contributed by atoms with E-state index in [1.54, 1.807) is 6.92 Å². The molecule has 0 saturated heterocycles. The van der Waals surface area contributed by atoms with E-state index < -0.39 is 10.2 Å². The second kappa shape index (κ2) is 4.66. The molecule has 0 saturated carbocycles. The maximum absolute atomic E-state index is 10.7. The monoisotopic (exact) mass is 182 g/mol. The zero-order chi connectivity index (χ0) is 8.91. The van der Waals surface area contributed by atoms with Crippen LogP contribution in [-0.2, 0) is 14.9 Å². The van der Waals surface area contributed by atoms with Gasteiger partial charge in [0, 0.05) is 20.2 Å². The predicted octanol–water partition coefficient (Wildman–Crippen LogP) is -0.842. The van der Waals surface area contributed by atoms with Crippen LogP contribution in [0.2, 0.25) is 0 Å². The molecule has 0 fully saturated rings. The SMILES string of the molecule is CCN(CCOC)S(N)(=O)=O. The summed E-state index contributed by atoms with van der Waals surface area (Å²) in [6.45, 7) is 2.78. The van der Waals surface area contributed by atoms with Crippen molar-refractivity contribution >= 4 is 10.2 Å². The predicted molar refractivity (Wildman–Crippen MR) is 42.2 cm³/mol. The highest BCUT2D eigenvalue weighted by atomic mass is 32.2. The zero-order valence-corrected chi connectivity index (χ0v) is 7.60. The number of rotatable bonds is 5. The summed E-state index contributed by atoms with van der Waals surface area (Å²) in [6, 6.07) is 0. The minimum atomic E-state index is -3.53. The maximum atomic E-state index is 10.7. The van der Waals surface area contributed by atoms with E-state index in [1.165, 1.54) is 7.11 Å². The molecule has 0 aliphatic heterocycles. The molecule has 0 aliphatic carbocycles. The van der Waals surface area contributed by atoms with Gasteiger partial charge >= 0.3 is 0 Å². The summed E-state index contributed by atoms with van der Waals surface area (Å²) in [5.74, 6) is 0. The van der Waals surface area contributed by atoms with Crippen LogP contribution in [0, 0.1) is 0 Å². The number of methoxy groups -OCH3 is 1. The molecule has 0 aliphatic rings. The van der Waals surface area contributed by atoms with Crippen LogP contribution in [0.1, 0.15) is 6.92 Å². The molecule has 0 radical (unpaired) electrons. The Bertz CT molecular complexity index is 190. The van der Waals surface area contributed by atoms with E-state index in [0.29, 0.717) is 19.7 Å². The molecule has 0 spiro atoms. The lowest BCUT2D eigenvalue weighted by molar-refractivity contribution is 0.180. The third-order valence-corrected chi connectivity index (χ3v) is 2.42. The molecule has 0 aromatic heterocycles. The number of likely N-dealkylation sites (N-methyl/N-ethyl adjacent to an activating group) is 1. The molecule has 0 heterocycles. The summed E-state index contributed by atoms with van der Waals surface area (Å²) in [5.41, 5.74) is 0. The van der Waals surface area contributed by atoms with Crippen LogP contribution in [0.5, 0.6) is 0 Å². The van der Waals surface area contributed by atoms with Crippen molar-refractivity contribution < 1.29 is 13.2 Å². The van der Waals surface area contributed by atoms with Crippen LogP contribution in [0.3, 0.4) is 0 Å². The lowest BCUT2D eigenvalue weighted by Crippen LogP contribution is -2.38. The van der Waals surface area contributed by atoms with E-state index in [4.69, 9.17) is 9.88 Å². The highest BCUT2D eigenvalue weighted by Crippen LogP contribution is 1.92. The van der Waals surface area contributed by atoms with Gasteiger partial charge in [0.05, 0.1) is 6.61 Å². The van der Waals surface area contributed by atoms with Gasteiger partial charge in [0.1, 0.15) is 0 Å². The minimum Gasteiger partial charge on any atom is -0.383 e. The Morgan fingerprint density at radius 3 is 2.36 bits per heavy atom. The van der Waals surface area contributed by atoms with Gasteiger partial charge in [0.2, 0.25) is 0 Å². The molecule has 11 heavy (non-hydrogen) atoms. The van der Waals surface area contributed by atoms with Crippen molar-refractivity contribution in [2.24, 2.45) is 5.14 Å². The van der Waals surface area contributed by atoms with E-state index >= 15 is 0 Å². The van der Waals surface area contributed by atoms with Gasteiger partial charge in [0.25, 0.3) is 10.2 Å². The van der Waals surface area contributed by atoms with Crippen molar-refractivity contribution in [2.45, 2.75) is 6.92 Å². The maximum Gasteiger partial charge on any atom is 0.276 e. The second-order valence-corrected chi connectivity index (χ2v) is 3.58. The fourth-order valence-electron chi connectivity index (χ4n) is 0.658. The summed E-state index contributed by atoms with van der Waals surface area (Å²) < 4.78 is 27.3. The van der Waals surface area contributed by atoms with Gasteiger partial charge in [-0.25, -0.2) is 5.14 Å². The van der Waals surface area contributed by atoms with Gasteiger partial charge in [-0.2, -0.15) is 12.7 Å². The Kier molecular flexibility index (Phi) is 4.58. The molecule has 0 rings (SSSR count). The number of ether oxygens (including phenoxy) is 1. The van der Waals surface area contributed by atoms with Crippen LogP contribution in [-0.4, -0.2) is 39.5 Å². The average molecular weight is 182 g/mol. The normalized spacial score (nSPS) is 12.4. The lowest BCUT2D eigenvalue weighted by atomic mass is 10.6. The van der Waals surface area contributed by atoms with Crippen molar-refractivity contribution in [1.82, 2.24) is 4.31 Å². The van der Waals surface area contributed by atoms with E-state index in [1.807, 2.05) is 0 Å². The first-order chi connectivity index (χ1) is 5.02. The molecule has 0 amide bonds. The fraction of sp³-hybridized carbons (Fsp3) is 1.00. The van der Waals surface area contributed by atoms with Crippen molar-refractivity contribution in [2.75, 3.05) is 26.8 Å². The fourth-order valence-corrected chi connectivity index (χ4v) is 1.35. The summed E-state index contributed by atoms with van der Waals surface area (Å²) in [6.07, 6.45) is 0. The number of nitrogens with two attached hydrogens (primary N) is 1. The first-order valence-corrected chi connectivity index (χ1v) is 4.79. The summed E-state index contributed by atoms with van der Waals surface area (Å²) >= 11 is 0. The van der Waals surface area contributed by atoms with E-state index in [2.05, 4.69) is 0 Å². The van der Waals surface area contributed by atoms with Crippen LogP contribution in [0.25, 0.3) is 0 Å². The molecule has 0 bridgehead atoms. The standard InChI is InChI=1S/C5H14N2O3S/c1-3-7(4-5-10-2)11(6,8)9/h3-5H2,1-2H3,(H2,6,8,9). The van der Waals surface area contributed by atoms with Crippen LogP contribution >= 0.6 is 0 Å². The van der Waals surface area contributed by atoms with Crippen LogP contribution in [0.4, 0.5) is 0 Å². The van der Waals surface area contributed by atoms with Gasteiger partial charge < -0.3 is 4.74 Å². The third-order valence-electron chi connectivity index (χ3n) is 1.26. The highest BCUT2D eigenvalue weighted by molar-refractivity contribution is 7.86. The smallest absolute Gasteiger partial charge is 0.276 e. The molecule has 0 aromatic rings. The number of hydrogen-bond donors (Lipinski definition) is 1. The number of nitrogens with zero attached hydrogens (tertiary/aromatic N) is 1. The summed E-state index contributed by atoms with van der Waals surface area (Å²) in [4.78, 5) is 0. The van der Waals surface area contributed by atoms with Gasteiger partial charge in [-0.15, -0.1) is 0 Å². The molecule has 5 nitrogen and oxygen atoms in total. The minimum absolute atomic E-state index is 0.311. The first kappa shape index (κ1) is 10.8. The Morgan fingerprint density at radius 1 is 1.55 bits per heavy atom. The van der Waals surface area contributed by atoms with E-state index in [-0.39, 0.29) is 0 Å². The van der Waals surface area contributed by atoms with Crippen molar-refractivity contribution in [1.29, 1.82) is 0 Å². The summed E-state index contributed by atoms with van der Waals surface area (Å²) in [5, 5.41) is 4.87. The first-order valence-electron chi connectivity index (χ1n) is 3.29. The van der Waals surface area contributed by atoms with Gasteiger partial charge in [-0.05, 0) is 0 Å². The molecule has 2 N–H and O–H groups in total. The van der Waals surface area contributed by atoms with Gasteiger partial charge in [-0.3, -0.25) is 0 Å². The molecule has 0 aromatic carbocycles. The Morgan fingerprint density at radius 2 is 2.09 bits per heavy atom. The molecule has 0 unspecified atom stereocenters. The average Bonchev–Trinajstić information content (AvgIpc) is 1.87. The topological polar surface area (TPSA) is 72.6 Å². The van der Waals surface area contributed by atoms with Crippen molar-refractivity contribution in [3.63, 3.8) is 0 Å². The molecular formula is C5H14N2O3S. The molecule has 0 atom stereocenters. The third kappa shape index (κ3) is 4.31. The Labute approximate surface area is 67.3 Å². The van der Waals surface area contributed by atoms with E-state index in [0.717, 1.165) is 4.31 Å².